The Labute approximate surface area is 217 Å². The quantitative estimate of drug-likeness (QED) is 0.476. The lowest BCUT2D eigenvalue weighted by atomic mass is 10.1. The fourth-order valence-electron chi connectivity index (χ4n) is 4.34. The second-order valence-corrected chi connectivity index (χ2v) is 11.5. The van der Waals surface area contributed by atoms with Gasteiger partial charge in [0.25, 0.3) is 0 Å². The largest absolute Gasteiger partial charge is 0.352 e. The molecule has 2 aromatic rings. The third-order valence-corrected chi connectivity index (χ3v) is 7.91. The van der Waals surface area contributed by atoms with Gasteiger partial charge in [-0.05, 0) is 49.1 Å². The molecule has 0 heterocycles. The van der Waals surface area contributed by atoms with E-state index < -0.39 is 28.5 Å². The van der Waals surface area contributed by atoms with Gasteiger partial charge in [0, 0.05) is 22.6 Å². The van der Waals surface area contributed by atoms with E-state index in [9.17, 15) is 18.0 Å². The molecule has 1 aliphatic carbocycles. The zero-order valence-corrected chi connectivity index (χ0v) is 22.2. The van der Waals surface area contributed by atoms with Crippen molar-refractivity contribution in [2.24, 2.45) is 0 Å². The summed E-state index contributed by atoms with van der Waals surface area (Å²) in [6.45, 7) is 1.43. The topological polar surface area (TPSA) is 86.8 Å². The molecule has 0 radical (unpaired) electrons. The number of carbonyl (C=O) groups excluding carboxylic acids is 2. The molecule has 7 nitrogen and oxygen atoms in total. The molecule has 0 bridgehead atoms. The number of sulfonamides is 1. The van der Waals surface area contributed by atoms with Gasteiger partial charge in [0.2, 0.25) is 21.8 Å². The molecule has 1 aliphatic rings. The monoisotopic (exact) mass is 539 g/mol. The van der Waals surface area contributed by atoms with Crippen molar-refractivity contribution in [1.29, 1.82) is 0 Å². The lowest BCUT2D eigenvalue weighted by Gasteiger charge is -2.33. The summed E-state index contributed by atoms with van der Waals surface area (Å²) >= 11 is 12.4. The fourth-order valence-corrected chi connectivity index (χ4v) is 5.56. The minimum atomic E-state index is -3.82. The maximum absolute atomic E-state index is 13.7. The van der Waals surface area contributed by atoms with E-state index in [1.54, 1.807) is 42.5 Å². The van der Waals surface area contributed by atoms with Crippen molar-refractivity contribution in [3.8, 4) is 0 Å². The highest BCUT2D eigenvalue weighted by Gasteiger charge is 2.33. The van der Waals surface area contributed by atoms with Crippen molar-refractivity contribution >= 4 is 50.7 Å². The van der Waals surface area contributed by atoms with Crippen LogP contribution in [0, 0.1) is 0 Å². The lowest BCUT2D eigenvalue weighted by Crippen LogP contribution is -2.53. The lowest BCUT2D eigenvalue weighted by molar-refractivity contribution is -0.140. The van der Waals surface area contributed by atoms with Gasteiger partial charge in [-0.1, -0.05) is 67.2 Å². The summed E-state index contributed by atoms with van der Waals surface area (Å²) < 4.78 is 26.3. The van der Waals surface area contributed by atoms with Crippen LogP contribution in [0.2, 0.25) is 10.0 Å². The summed E-state index contributed by atoms with van der Waals surface area (Å²) in [7, 11) is -3.82. The Balaban J connectivity index is 1.93. The zero-order chi connectivity index (χ0) is 25.6. The van der Waals surface area contributed by atoms with E-state index in [4.69, 9.17) is 23.2 Å². The first-order chi connectivity index (χ1) is 16.6. The average Bonchev–Trinajstić information content (AvgIpc) is 3.30. The predicted octanol–water partition coefficient (Wildman–Crippen LogP) is 4.63. The van der Waals surface area contributed by atoms with E-state index >= 15 is 0 Å². The second kappa shape index (κ2) is 12.1. The van der Waals surface area contributed by atoms with Crippen LogP contribution in [-0.2, 0) is 26.2 Å². The summed E-state index contributed by atoms with van der Waals surface area (Å²) in [6.07, 6.45) is 5.35. The maximum Gasteiger partial charge on any atom is 0.244 e. The molecule has 0 aromatic heterocycles. The molecule has 1 N–H and O–H groups in total. The Morgan fingerprint density at radius 2 is 1.77 bits per heavy atom. The van der Waals surface area contributed by atoms with Crippen LogP contribution in [0.1, 0.15) is 44.6 Å². The highest BCUT2D eigenvalue weighted by atomic mass is 35.5. The van der Waals surface area contributed by atoms with Crippen LogP contribution in [0.15, 0.2) is 48.5 Å². The van der Waals surface area contributed by atoms with Crippen LogP contribution < -0.4 is 9.62 Å². The Morgan fingerprint density at radius 1 is 1.09 bits per heavy atom. The Kier molecular flexibility index (Phi) is 9.44. The Bertz CT molecular complexity index is 1150. The van der Waals surface area contributed by atoms with Gasteiger partial charge in [-0.25, -0.2) is 8.42 Å². The maximum atomic E-state index is 13.7. The number of amides is 2. The van der Waals surface area contributed by atoms with Crippen molar-refractivity contribution in [2.45, 2.75) is 57.7 Å². The number of benzene rings is 2. The van der Waals surface area contributed by atoms with E-state index in [0.717, 1.165) is 36.2 Å². The van der Waals surface area contributed by atoms with Gasteiger partial charge in [-0.15, -0.1) is 0 Å². The average molecular weight is 541 g/mol. The third kappa shape index (κ3) is 7.35. The van der Waals surface area contributed by atoms with E-state index in [-0.39, 0.29) is 24.2 Å². The number of anilines is 1. The summed E-state index contributed by atoms with van der Waals surface area (Å²) in [4.78, 5) is 28.4. The standard InChI is InChI=1S/C25H31Cl2N3O4S/c1-3-23(25(32)28-20-11-5-6-12-20)29(16-18-9-4-7-14-22(18)27)24(31)17-30(35(2,33)34)21-13-8-10-19(26)15-21/h4,7-10,13-15,20,23H,3,5-6,11-12,16-17H2,1-2H3,(H,28,32)/t23-/m1/s1. The van der Waals surface area contributed by atoms with Crippen molar-refractivity contribution in [3.63, 3.8) is 0 Å². The molecule has 190 valence electrons. The van der Waals surface area contributed by atoms with Gasteiger partial charge in [0.05, 0.1) is 11.9 Å². The zero-order valence-electron chi connectivity index (χ0n) is 19.9. The van der Waals surface area contributed by atoms with Crippen molar-refractivity contribution < 1.29 is 18.0 Å². The molecule has 35 heavy (non-hydrogen) atoms. The third-order valence-electron chi connectivity index (χ3n) is 6.16. The molecule has 3 rings (SSSR count). The van der Waals surface area contributed by atoms with E-state index in [1.807, 2.05) is 6.92 Å². The number of nitrogens with zero attached hydrogens (tertiary/aromatic N) is 2. The van der Waals surface area contributed by atoms with Gasteiger partial charge in [-0.2, -0.15) is 0 Å². The first-order valence-electron chi connectivity index (χ1n) is 11.7. The van der Waals surface area contributed by atoms with Crippen LogP contribution in [0.5, 0.6) is 0 Å². The fraction of sp³-hybridized carbons (Fsp3) is 0.440. The Hall–Kier alpha value is -2.29. The van der Waals surface area contributed by atoms with Crippen LogP contribution in [-0.4, -0.2) is 50.0 Å². The highest BCUT2D eigenvalue weighted by molar-refractivity contribution is 7.92. The highest BCUT2D eigenvalue weighted by Crippen LogP contribution is 2.25. The minimum Gasteiger partial charge on any atom is -0.352 e. The number of hydrogen-bond acceptors (Lipinski definition) is 4. The molecule has 0 aliphatic heterocycles. The number of halogens is 2. The SMILES string of the molecule is CC[C@H](C(=O)NC1CCCC1)N(Cc1ccccc1Cl)C(=O)CN(c1cccc(Cl)c1)S(C)(=O)=O. The molecule has 1 atom stereocenters. The van der Waals surface area contributed by atoms with Gasteiger partial charge in [0.15, 0.2) is 0 Å². The molecular weight excluding hydrogens is 509 g/mol. The summed E-state index contributed by atoms with van der Waals surface area (Å²) in [5, 5.41) is 3.88. The molecule has 0 unspecified atom stereocenters. The Morgan fingerprint density at radius 3 is 2.37 bits per heavy atom. The predicted molar refractivity (Wildman–Crippen MR) is 140 cm³/mol. The van der Waals surface area contributed by atoms with Crippen molar-refractivity contribution in [1.82, 2.24) is 10.2 Å². The van der Waals surface area contributed by atoms with Crippen LogP contribution >= 0.6 is 23.2 Å². The normalized spacial score (nSPS) is 15.0. The molecule has 10 heteroatoms. The molecule has 0 saturated heterocycles. The van der Waals surface area contributed by atoms with Gasteiger partial charge in [0.1, 0.15) is 12.6 Å². The van der Waals surface area contributed by atoms with Crippen LogP contribution in [0.25, 0.3) is 0 Å². The first-order valence-corrected chi connectivity index (χ1v) is 14.3. The van der Waals surface area contributed by atoms with Crippen LogP contribution in [0.4, 0.5) is 5.69 Å². The first kappa shape index (κ1) is 27.3. The van der Waals surface area contributed by atoms with Gasteiger partial charge >= 0.3 is 0 Å². The molecule has 0 spiro atoms. The van der Waals surface area contributed by atoms with E-state index in [0.29, 0.717) is 22.0 Å². The van der Waals surface area contributed by atoms with Crippen LogP contribution in [0.3, 0.4) is 0 Å². The number of rotatable bonds is 10. The second-order valence-electron chi connectivity index (χ2n) is 8.78. The minimum absolute atomic E-state index is 0.0717. The van der Waals surface area contributed by atoms with Gasteiger partial charge in [-0.3, -0.25) is 13.9 Å². The molecule has 2 amide bonds. The molecule has 1 fully saturated rings. The molecular formula is C25H31Cl2N3O4S. The van der Waals surface area contributed by atoms with Gasteiger partial charge < -0.3 is 10.2 Å². The molecule has 2 aromatic carbocycles. The van der Waals surface area contributed by atoms with Crippen molar-refractivity contribution in [2.75, 3.05) is 17.1 Å². The molecule has 1 saturated carbocycles. The van der Waals surface area contributed by atoms with E-state index in [1.165, 1.54) is 11.0 Å². The summed E-state index contributed by atoms with van der Waals surface area (Å²) in [5.74, 6) is -0.753. The number of carbonyl (C=O) groups is 2. The smallest absolute Gasteiger partial charge is 0.244 e. The van der Waals surface area contributed by atoms with E-state index in [2.05, 4.69) is 5.32 Å². The van der Waals surface area contributed by atoms with Crippen molar-refractivity contribution in [3.05, 3.63) is 64.1 Å². The number of nitrogens with one attached hydrogen (secondary N) is 1. The summed E-state index contributed by atoms with van der Waals surface area (Å²) in [5.41, 5.74) is 0.942. The summed E-state index contributed by atoms with van der Waals surface area (Å²) in [6, 6.07) is 12.7. The number of hydrogen-bond donors (Lipinski definition) is 1.